The van der Waals surface area contributed by atoms with Gasteiger partial charge < -0.3 is 20.7 Å². The fourth-order valence-electron chi connectivity index (χ4n) is 4.13. The number of sulfonamides is 1. The molecule has 11 nitrogen and oxygen atoms in total. The van der Waals surface area contributed by atoms with Crippen molar-refractivity contribution in [3.8, 4) is 5.75 Å². The minimum Gasteiger partial charge on any atom is -0.604 e. The highest BCUT2D eigenvalue weighted by Gasteiger charge is 2.34. The monoisotopic (exact) mass is 589 g/mol. The maximum absolute atomic E-state index is 13.5. The molecule has 0 saturated carbocycles. The number of carbonyl (C=O) groups excluding carboxylic acids is 2. The number of quaternary nitrogens is 1. The molecule has 2 amide bonds. The molecular formula is C27H32ClN5O6S. The van der Waals surface area contributed by atoms with Gasteiger partial charge in [0.15, 0.2) is 5.75 Å². The second kappa shape index (κ2) is 13.7. The summed E-state index contributed by atoms with van der Waals surface area (Å²) in [6, 6.07) is 22.1. The van der Waals surface area contributed by atoms with Crippen molar-refractivity contribution in [3.05, 3.63) is 95.7 Å². The van der Waals surface area contributed by atoms with E-state index in [0.717, 1.165) is 4.47 Å². The van der Waals surface area contributed by atoms with Crippen LogP contribution in [0.1, 0.15) is 17.3 Å². The Balaban J connectivity index is 0.00000441. The van der Waals surface area contributed by atoms with Crippen molar-refractivity contribution in [2.45, 2.75) is 11.8 Å². The van der Waals surface area contributed by atoms with Crippen molar-refractivity contribution in [1.29, 1.82) is 0 Å². The summed E-state index contributed by atoms with van der Waals surface area (Å²) in [7, 11) is -4.18. The Bertz CT molecular complexity index is 1370. The van der Waals surface area contributed by atoms with Gasteiger partial charge in [-0.05, 0) is 55.5 Å². The second-order valence-corrected chi connectivity index (χ2v) is 10.5. The third kappa shape index (κ3) is 6.97. The van der Waals surface area contributed by atoms with Crippen molar-refractivity contribution in [3.63, 3.8) is 0 Å². The predicted octanol–water partition coefficient (Wildman–Crippen LogP) is 2.71. The Morgan fingerprint density at radius 2 is 1.55 bits per heavy atom. The highest BCUT2D eigenvalue weighted by Crippen LogP contribution is 2.26. The first-order valence-electron chi connectivity index (χ1n) is 12.6. The summed E-state index contributed by atoms with van der Waals surface area (Å²) in [5.74, 6) is -0.953. The topological polar surface area (TPSA) is 131 Å². The molecule has 0 aliphatic carbocycles. The molecule has 40 heavy (non-hydrogen) atoms. The van der Waals surface area contributed by atoms with Crippen molar-refractivity contribution in [1.82, 2.24) is 15.6 Å². The summed E-state index contributed by atoms with van der Waals surface area (Å²) in [5, 5.41) is 20.4. The zero-order chi connectivity index (χ0) is 27.9. The molecule has 1 atom stereocenters. The molecule has 0 aromatic heterocycles. The third-order valence-electron chi connectivity index (χ3n) is 6.30. The van der Waals surface area contributed by atoms with Gasteiger partial charge in [0, 0.05) is 18.7 Å². The average Bonchev–Trinajstić information content (AvgIpc) is 2.99. The van der Waals surface area contributed by atoms with Crippen LogP contribution in [-0.2, 0) is 14.8 Å². The fraction of sp³-hybridized carbons (Fsp3) is 0.259. The van der Waals surface area contributed by atoms with E-state index >= 15 is 0 Å². The van der Waals surface area contributed by atoms with E-state index in [1.165, 1.54) is 24.3 Å². The van der Waals surface area contributed by atoms with Gasteiger partial charge >= 0.3 is 5.91 Å². The van der Waals surface area contributed by atoms with Crippen LogP contribution in [0.3, 0.4) is 0 Å². The number of anilines is 1. The summed E-state index contributed by atoms with van der Waals surface area (Å²) >= 11 is 0. The molecule has 1 unspecified atom stereocenters. The number of amides is 2. The lowest BCUT2D eigenvalue weighted by Gasteiger charge is -2.47. The van der Waals surface area contributed by atoms with Crippen molar-refractivity contribution in [2.24, 2.45) is 0 Å². The minimum absolute atomic E-state index is 0. The molecule has 1 aliphatic rings. The van der Waals surface area contributed by atoms with Crippen molar-refractivity contribution < 1.29 is 27.6 Å². The Hall–Kier alpha value is -3.52. The van der Waals surface area contributed by atoms with Gasteiger partial charge in [0.05, 0.1) is 23.7 Å². The lowest BCUT2D eigenvalue weighted by molar-refractivity contribution is -0.925. The molecular weight excluding hydrogens is 558 g/mol. The zero-order valence-corrected chi connectivity index (χ0v) is 23.6. The fourth-order valence-corrected chi connectivity index (χ4v) is 5.39. The van der Waals surface area contributed by atoms with Crippen LogP contribution in [0, 0.1) is 5.21 Å². The first-order valence-corrected chi connectivity index (χ1v) is 14.0. The number of nitrogens with one attached hydrogen (secondary N) is 2. The van der Waals surface area contributed by atoms with Crippen LogP contribution in [0.25, 0.3) is 0 Å². The Morgan fingerprint density at radius 3 is 2.12 bits per heavy atom. The van der Waals surface area contributed by atoms with Crippen molar-refractivity contribution >= 4 is 39.9 Å². The van der Waals surface area contributed by atoms with Crippen LogP contribution >= 0.6 is 12.4 Å². The summed E-state index contributed by atoms with van der Waals surface area (Å²) < 4.78 is 26.8. The van der Waals surface area contributed by atoms with Gasteiger partial charge in [-0.25, -0.2) is 9.55 Å². The van der Waals surface area contributed by atoms with E-state index in [0.29, 0.717) is 37.6 Å². The number of likely N-dealkylation sites (N-methyl/N-ethyl adjacent to an activating group) is 1. The summed E-state index contributed by atoms with van der Waals surface area (Å²) in [6.07, 6.45) is 0. The molecule has 0 bridgehead atoms. The number of carbonyl (C=O) groups is 2. The number of hydrogen-bond donors (Lipinski definition) is 2. The molecule has 2 N–H and O–H groups in total. The summed E-state index contributed by atoms with van der Waals surface area (Å²) in [5.41, 5.74) is 0.431. The zero-order valence-electron chi connectivity index (χ0n) is 21.9. The normalized spacial score (nSPS) is 15.2. The molecule has 0 spiro atoms. The van der Waals surface area contributed by atoms with Crippen LogP contribution in [0.5, 0.6) is 5.75 Å². The smallest absolute Gasteiger partial charge is 0.352 e. The van der Waals surface area contributed by atoms with E-state index in [2.05, 4.69) is 10.6 Å². The molecule has 1 heterocycles. The Labute approximate surface area is 239 Å². The van der Waals surface area contributed by atoms with Crippen LogP contribution in [-0.4, -0.2) is 69.3 Å². The maximum Gasteiger partial charge on any atom is 0.352 e. The number of piperazine rings is 1. The van der Waals surface area contributed by atoms with Crippen LogP contribution in [0.4, 0.5) is 5.69 Å². The van der Waals surface area contributed by atoms with E-state index in [1.54, 1.807) is 72.6 Å². The van der Waals surface area contributed by atoms with Gasteiger partial charge in [-0.3, -0.25) is 4.79 Å². The van der Waals surface area contributed by atoms with E-state index in [-0.39, 0.29) is 29.4 Å². The number of halogens is 1. The number of para-hydroxylation sites is 2. The van der Waals surface area contributed by atoms with Crippen LogP contribution < -0.4 is 19.9 Å². The van der Waals surface area contributed by atoms with Gasteiger partial charge in [0.2, 0.25) is 0 Å². The van der Waals surface area contributed by atoms with Gasteiger partial charge in [-0.1, -0.05) is 40.9 Å². The predicted molar refractivity (Wildman–Crippen MR) is 153 cm³/mol. The second-order valence-electron chi connectivity index (χ2n) is 8.79. The standard InChI is InChI=1S/C27H31N5O6S.ClH/c1-2-32(35,30-19-17-28-18-20-30)26(33)21-29-27(34)22-13-15-25(16-14-22)39(36,37)31(23-9-5-3-6-10-23)38-24-11-7-4-8-12-24;/h3-16,28H,2,17-21H2,1H3,(H,29,34);1H. The molecule has 3 aromatic rings. The maximum atomic E-state index is 13.5. The lowest BCUT2D eigenvalue weighted by atomic mass is 10.2. The van der Waals surface area contributed by atoms with E-state index < -0.39 is 33.1 Å². The molecule has 3 aromatic carbocycles. The molecule has 214 valence electrons. The quantitative estimate of drug-likeness (QED) is 0.273. The number of benzene rings is 3. The van der Waals surface area contributed by atoms with Crippen LogP contribution in [0.2, 0.25) is 0 Å². The minimum atomic E-state index is -4.18. The number of hydroxylamine groups is 2. The first kappa shape index (κ1) is 31.0. The van der Waals surface area contributed by atoms with E-state index in [1.807, 2.05) is 0 Å². The molecule has 1 fully saturated rings. The van der Waals surface area contributed by atoms with Gasteiger partial charge in [-0.2, -0.15) is 8.42 Å². The molecule has 0 radical (unpaired) electrons. The van der Waals surface area contributed by atoms with Gasteiger partial charge in [0.1, 0.15) is 13.1 Å². The summed E-state index contributed by atoms with van der Waals surface area (Å²) in [6.45, 7) is 3.28. The highest BCUT2D eigenvalue weighted by molar-refractivity contribution is 7.92. The number of nitrogens with zero attached hydrogens (tertiary/aromatic N) is 3. The molecule has 13 heteroatoms. The van der Waals surface area contributed by atoms with Gasteiger partial charge in [0.25, 0.3) is 15.9 Å². The summed E-state index contributed by atoms with van der Waals surface area (Å²) in [4.78, 5) is 31.1. The van der Waals surface area contributed by atoms with Crippen LogP contribution in [0.15, 0.2) is 89.8 Å². The van der Waals surface area contributed by atoms with Crippen molar-refractivity contribution in [2.75, 3.05) is 43.7 Å². The third-order valence-corrected chi connectivity index (χ3v) is 7.89. The number of rotatable bonds is 10. The molecule has 1 saturated heterocycles. The first-order chi connectivity index (χ1) is 18.8. The SMILES string of the molecule is CC[N+]([O-])(C(=O)CNC(=O)c1ccc(S(=O)(=O)N(Oc2ccccc2)c2ccccc2)cc1)N1CCNCC1.Cl. The highest BCUT2D eigenvalue weighted by atomic mass is 35.5. The van der Waals surface area contributed by atoms with Gasteiger partial charge in [-0.15, -0.1) is 17.4 Å². The lowest BCUT2D eigenvalue weighted by Crippen LogP contribution is -2.65. The molecule has 4 rings (SSSR count). The van der Waals surface area contributed by atoms with E-state index in [4.69, 9.17) is 4.84 Å². The Kier molecular flexibility index (Phi) is 10.6. The largest absolute Gasteiger partial charge is 0.604 e. The molecule has 1 aliphatic heterocycles. The van der Waals surface area contributed by atoms with E-state index in [9.17, 15) is 23.2 Å². The number of hydrogen-bond acceptors (Lipinski definition) is 8. The average molecular weight is 590 g/mol. The Morgan fingerprint density at radius 1 is 0.975 bits per heavy atom.